The molecule has 0 radical (unpaired) electrons. The molecule has 1 aromatic rings. The maximum atomic E-state index is 13.5. The quantitative estimate of drug-likeness (QED) is 0.687. The van der Waals surface area contributed by atoms with Crippen molar-refractivity contribution in [1.29, 1.82) is 0 Å². The van der Waals surface area contributed by atoms with Gasteiger partial charge in [-0.25, -0.2) is 4.39 Å². The van der Waals surface area contributed by atoms with Gasteiger partial charge in [0.15, 0.2) is 12.6 Å². The van der Waals surface area contributed by atoms with Crippen molar-refractivity contribution in [3.63, 3.8) is 0 Å². The van der Waals surface area contributed by atoms with Gasteiger partial charge < -0.3 is 18.9 Å². The molecule has 1 aromatic carbocycles. The third kappa shape index (κ3) is 5.64. The van der Waals surface area contributed by atoms with E-state index in [0.717, 1.165) is 25.2 Å². The molecule has 146 valence electrons. The highest BCUT2D eigenvalue weighted by molar-refractivity contribution is 6.30. The molecular weight excluding hydrogens is 359 g/mol. The van der Waals surface area contributed by atoms with E-state index >= 15 is 0 Å². The molecule has 0 aliphatic carbocycles. The van der Waals surface area contributed by atoms with Gasteiger partial charge in [0.1, 0.15) is 5.82 Å². The van der Waals surface area contributed by atoms with E-state index in [4.69, 9.17) is 30.5 Å². The van der Waals surface area contributed by atoms with Crippen molar-refractivity contribution in [2.75, 3.05) is 26.4 Å². The summed E-state index contributed by atoms with van der Waals surface area (Å²) in [4.78, 5) is 0. The molecule has 4 nitrogen and oxygen atoms in total. The minimum Gasteiger partial charge on any atom is -0.352 e. The van der Waals surface area contributed by atoms with Crippen molar-refractivity contribution in [1.82, 2.24) is 0 Å². The Kier molecular flexibility index (Phi) is 7.70. The van der Waals surface area contributed by atoms with Crippen LogP contribution in [0.1, 0.15) is 38.2 Å². The highest BCUT2D eigenvalue weighted by atomic mass is 35.5. The Balaban J connectivity index is 1.36. The monoisotopic (exact) mass is 386 g/mol. The van der Waals surface area contributed by atoms with Crippen molar-refractivity contribution in [2.45, 2.75) is 51.6 Å². The van der Waals surface area contributed by atoms with Crippen molar-refractivity contribution in [3.8, 4) is 0 Å². The van der Waals surface area contributed by atoms with Gasteiger partial charge in [0.25, 0.3) is 0 Å². The molecule has 2 aliphatic heterocycles. The Morgan fingerprint density at radius 3 is 2.42 bits per heavy atom. The Morgan fingerprint density at radius 2 is 1.77 bits per heavy atom. The van der Waals surface area contributed by atoms with Crippen LogP contribution in [0.5, 0.6) is 0 Å². The minimum atomic E-state index is -0.390. The zero-order valence-corrected chi connectivity index (χ0v) is 16.1. The summed E-state index contributed by atoms with van der Waals surface area (Å²) >= 11 is 5.71. The number of aryl methyl sites for hydroxylation is 1. The zero-order chi connectivity index (χ0) is 18.4. The fourth-order valence-electron chi connectivity index (χ4n) is 3.35. The summed E-state index contributed by atoms with van der Waals surface area (Å²) in [5.41, 5.74) is 0.887. The lowest BCUT2D eigenvalue weighted by Crippen LogP contribution is -2.44. The molecule has 0 unspecified atom stereocenters. The smallest absolute Gasteiger partial charge is 0.164 e. The highest BCUT2D eigenvalue weighted by Gasteiger charge is 2.33. The Labute approximate surface area is 159 Å². The second-order valence-electron chi connectivity index (χ2n) is 7.19. The number of unbranched alkanes of at least 4 members (excludes halogenated alkanes) is 1. The summed E-state index contributed by atoms with van der Waals surface area (Å²) < 4.78 is 36.9. The Bertz CT molecular complexity index is 555. The van der Waals surface area contributed by atoms with Crippen LogP contribution >= 0.6 is 11.6 Å². The van der Waals surface area contributed by atoms with Crippen LogP contribution in [0.2, 0.25) is 5.02 Å². The van der Waals surface area contributed by atoms with Crippen molar-refractivity contribution < 1.29 is 23.3 Å². The minimum absolute atomic E-state index is 0.103. The van der Waals surface area contributed by atoms with E-state index in [2.05, 4.69) is 6.92 Å². The predicted molar refractivity (Wildman–Crippen MR) is 97.6 cm³/mol. The molecule has 26 heavy (non-hydrogen) atoms. The first-order chi connectivity index (χ1) is 12.7. The maximum absolute atomic E-state index is 13.5. The average molecular weight is 387 g/mol. The number of hydrogen-bond acceptors (Lipinski definition) is 4. The van der Waals surface area contributed by atoms with Crippen LogP contribution in [0.15, 0.2) is 18.2 Å². The molecule has 0 N–H and O–H groups in total. The second kappa shape index (κ2) is 10.00. The number of halogens is 2. The molecule has 2 aliphatic rings. The molecule has 2 heterocycles. The lowest BCUT2D eigenvalue weighted by molar-refractivity contribution is -0.281. The summed E-state index contributed by atoms with van der Waals surface area (Å²) in [6, 6.07) is 4.87. The molecule has 0 amide bonds. The number of ether oxygens (including phenoxy) is 4. The van der Waals surface area contributed by atoms with Gasteiger partial charge in [-0.05, 0) is 30.5 Å². The first-order valence-corrected chi connectivity index (χ1v) is 9.93. The molecule has 2 saturated heterocycles. The summed E-state index contributed by atoms with van der Waals surface area (Å²) in [6.07, 6.45) is 4.43. The van der Waals surface area contributed by atoms with E-state index in [-0.39, 0.29) is 23.5 Å². The third-order valence-corrected chi connectivity index (χ3v) is 5.29. The Morgan fingerprint density at radius 1 is 1.04 bits per heavy atom. The van der Waals surface area contributed by atoms with Gasteiger partial charge in [-0.2, -0.15) is 0 Å². The van der Waals surface area contributed by atoms with E-state index < -0.39 is 5.82 Å². The lowest BCUT2D eigenvalue weighted by Gasteiger charge is -2.37. The van der Waals surface area contributed by atoms with Gasteiger partial charge in [-0.15, -0.1) is 0 Å². The maximum Gasteiger partial charge on any atom is 0.164 e. The molecule has 2 fully saturated rings. The van der Waals surface area contributed by atoms with Gasteiger partial charge in [0.05, 0.1) is 37.4 Å². The van der Waals surface area contributed by atoms with Crippen LogP contribution in [-0.2, 0) is 25.4 Å². The number of benzene rings is 1. The van der Waals surface area contributed by atoms with E-state index in [0.29, 0.717) is 32.0 Å². The molecule has 3 rings (SSSR count). The predicted octanol–water partition coefficient (Wildman–Crippen LogP) is 4.58. The van der Waals surface area contributed by atoms with Gasteiger partial charge in [0, 0.05) is 12.3 Å². The molecular formula is C20H28ClFO4. The van der Waals surface area contributed by atoms with Gasteiger partial charge in [-0.3, -0.25) is 0 Å². The van der Waals surface area contributed by atoms with Gasteiger partial charge >= 0.3 is 0 Å². The molecule has 0 bridgehead atoms. The first-order valence-electron chi connectivity index (χ1n) is 9.56. The number of hydrogen-bond donors (Lipinski definition) is 0. The first kappa shape index (κ1) is 20.0. The Hall–Kier alpha value is -0.720. The third-order valence-electron chi connectivity index (χ3n) is 4.99. The van der Waals surface area contributed by atoms with E-state index in [1.165, 1.54) is 18.9 Å². The van der Waals surface area contributed by atoms with Crippen LogP contribution in [0.3, 0.4) is 0 Å². The van der Waals surface area contributed by atoms with Crippen LogP contribution in [0, 0.1) is 17.7 Å². The van der Waals surface area contributed by atoms with Crippen molar-refractivity contribution in [2.24, 2.45) is 11.8 Å². The summed E-state index contributed by atoms with van der Waals surface area (Å²) in [5.74, 6) is 0.217. The van der Waals surface area contributed by atoms with Crippen molar-refractivity contribution in [3.05, 3.63) is 34.6 Å². The van der Waals surface area contributed by atoms with E-state index in [1.807, 2.05) is 6.07 Å². The number of rotatable bonds is 7. The zero-order valence-electron chi connectivity index (χ0n) is 15.3. The fraction of sp³-hybridized carbons (Fsp3) is 0.700. The van der Waals surface area contributed by atoms with Crippen molar-refractivity contribution >= 4 is 11.6 Å². The largest absolute Gasteiger partial charge is 0.352 e. The lowest BCUT2D eigenvalue weighted by atomic mass is 10.0. The molecule has 0 atom stereocenters. The van der Waals surface area contributed by atoms with Crippen LogP contribution < -0.4 is 0 Å². The fourth-order valence-corrected chi connectivity index (χ4v) is 3.47. The summed E-state index contributed by atoms with van der Waals surface area (Å²) in [6.45, 7) is 4.83. The molecule has 0 spiro atoms. The van der Waals surface area contributed by atoms with Crippen LogP contribution in [0.25, 0.3) is 0 Å². The molecule has 0 aromatic heterocycles. The van der Waals surface area contributed by atoms with Gasteiger partial charge in [-0.1, -0.05) is 37.4 Å². The summed E-state index contributed by atoms with van der Waals surface area (Å²) in [5, 5.41) is 0.145. The van der Waals surface area contributed by atoms with Gasteiger partial charge in [0.2, 0.25) is 0 Å². The highest BCUT2D eigenvalue weighted by Crippen LogP contribution is 2.26. The topological polar surface area (TPSA) is 36.9 Å². The normalized spacial score (nSPS) is 29.7. The average Bonchev–Trinajstić information content (AvgIpc) is 2.68. The SMILES string of the molecule is CCCCC1COC(C2COC(CCc3ccc(Cl)c(F)c3)OC2)OC1. The summed E-state index contributed by atoms with van der Waals surface area (Å²) in [7, 11) is 0. The van der Waals surface area contributed by atoms with E-state index in [9.17, 15) is 4.39 Å². The van der Waals surface area contributed by atoms with E-state index in [1.54, 1.807) is 6.07 Å². The standard InChI is InChI=1S/C20H28ClFO4/c1-2-3-4-15-10-25-20(26-11-15)16-12-23-19(24-13-16)8-6-14-5-7-17(21)18(22)9-14/h5,7,9,15-16,19-20H,2-4,6,8,10-13H2,1H3. The van der Waals surface area contributed by atoms with Crippen LogP contribution in [0.4, 0.5) is 4.39 Å². The van der Waals surface area contributed by atoms with Crippen LogP contribution in [-0.4, -0.2) is 39.0 Å². The second-order valence-corrected chi connectivity index (χ2v) is 7.59. The molecule has 6 heteroatoms. The molecule has 0 saturated carbocycles.